The molecule has 0 amide bonds. The lowest BCUT2D eigenvalue weighted by molar-refractivity contribution is 0.392. The number of hydrogen-bond acceptors (Lipinski definition) is 1. The maximum atomic E-state index is 6.12. The molecule has 0 saturated heterocycles. The molecule has 1 aromatic rings. The summed E-state index contributed by atoms with van der Waals surface area (Å²) < 4.78 is 0. The Bertz CT molecular complexity index is 377. The molecule has 0 radical (unpaired) electrons. The van der Waals surface area contributed by atoms with Gasteiger partial charge in [-0.25, -0.2) is 0 Å². The minimum Gasteiger partial charge on any atom is -0.312 e. The van der Waals surface area contributed by atoms with E-state index in [2.05, 4.69) is 26.1 Å². The van der Waals surface area contributed by atoms with Crippen molar-refractivity contribution >= 4 is 34.8 Å². The highest BCUT2D eigenvalue weighted by atomic mass is 35.5. The van der Waals surface area contributed by atoms with Gasteiger partial charge in [0.25, 0.3) is 0 Å². The first-order chi connectivity index (χ1) is 7.93. The summed E-state index contributed by atoms with van der Waals surface area (Å²) in [6.45, 7) is 8.24. The average Bonchev–Trinajstić information content (AvgIpc) is 2.28. The highest BCUT2D eigenvalue weighted by Gasteiger charge is 2.11. The number of benzene rings is 1. The van der Waals surface area contributed by atoms with Gasteiger partial charge in [0.05, 0.1) is 10.0 Å². The SMILES string of the molecule is CC(C)C(C)CNCc1c(Cl)ccc(Cl)c1Cl. The van der Waals surface area contributed by atoms with Crippen LogP contribution >= 0.6 is 34.8 Å². The molecular formula is C13H18Cl3N. The highest BCUT2D eigenvalue weighted by Crippen LogP contribution is 2.31. The van der Waals surface area contributed by atoms with Crippen LogP contribution in [0.15, 0.2) is 12.1 Å². The summed E-state index contributed by atoms with van der Waals surface area (Å²) in [6.07, 6.45) is 0. The van der Waals surface area contributed by atoms with Crippen molar-refractivity contribution in [3.05, 3.63) is 32.8 Å². The molecule has 0 aliphatic heterocycles. The van der Waals surface area contributed by atoms with Gasteiger partial charge in [0.2, 0.25) is 0 Å². The van der Waals surface area contributed by atoms with Crippen LogP contribution in [0, 0.1) is 11.8 Å². The lowest BCUT2D eigenvalue weighted by atomic mass is 9.98. The zero-order valence-electron chi connectivity index (χ0n) is 10.4. The molecule has 1 nitrogen and oxygen atoms in total. The van der Waals surface area contributed by atoms with Crippen LogP contribution < -0.4 is 5.32 Å². The van der Waals surface area contributed by atoms with Crippen LogP contribution in [0.4, 0.5) is 0 Å². The Balaban J connectivity index is 2.61. The Morgan fingerprint density at radius 2 is 1.65 bits per heavy atom. The van der Waals surface area contributed by atoms with E-state index < -0.39 is 0 Å². The second-order valence-corrected chi connectivity index (χ2v) is 5.87. The van der Waals surface area contributed by atoms with Gasteiger partial charge < -0.3 is 5.32 Å². The van der Waals surface area contributed by atoms with E-state index in [1.165, 1.54) is 0 Å². The Morgan fingerprint density at radius 3 is 2.24 bits per heavy atom. The van der Waals surface area contributed by atoms with Gasteiger partial charge in [-0.1, -0.05) is 55.6 Å². The molecule has 1 unspecified atom stereocenters. The van der Waals surface area contributed by atoms with Gasteiger partial charge in [0.15, 0.2) is 0 Å². The van der Waals surface area contributed by atoms with Crippen LogP contribution in [0.3, 0.4) is 0 Å². The van der Waals surface area contributed by atoms with Gasteiger partial charge in [-0.05, 0) is 30.5 Å². The van der Waals surface area contributed by atoms with E-state index in [0.29, 0.717) is 33.4 Å². The van der Waals surface area contributed by atoms with E-state index in [1.807, 2.05) is 0 Å². The van der Waals surface area contributed by atoms with E-state index >= 15 is 0 Å². The van der Waals surface area contributed by atoms with E-state index in [0.717, 1.165) is 12.1 Å². The van der Waals surface area contributed by atoms with Crippen LogP contribution in [-0.4, -0.2) is 6.54 Å². The summed E-state index contributed by atoms with van der Waals surface area (Å²) in [5.41, 5.74) is 0.872. The average molecular weight is 295 g/mol. The summed E-state index contributed by atoms with van der Waals surface area (Å²) in [5, 5.41) is 5.11. The Labute approximate surface area is 118 Å². The fraction of sp³-hybridized carbons (Fsp3) is 0.538. The van der Waals surface area contributed by atoms with Gasteiger partial charge >= 0.3 is 0 Å². The molecule has 0 fully saturated rings. The minimum absolute atomic E-state index is 0.545. The Kier molecular flexibility index (Phi) is 6.08. The molecule has 0 saturated carbocycles. The topological polar surface area (TPSA) is 12.0 Å². The molecule has 1 rings (SSSR count). The van der Waals surface area contributed by atoms with Crippen molar-refractivity contribution in [1.29, 1.82) is 0 Å². The third kappa shape index (κ3) is 4.33. The third-order valence-electron chi connectivity index (χ3n) is 3.05. The normalized spacial score (nSPS) is 13.1. The van der Waals surface area contributed by atoms with Crippen molar-refractivity contribution < 1.29 is 0 Å². The van der Waals surface area contributed by atoms with E-state index in [1.54, 1.807) is 12.1 Å². The lowest BCUT2D eigenvalue weighted by Gasteiger charge is -2.17. The van der Waals surface area contributed by atoms with Crippen molar-refractivity contribution in [1.82, 2.24) is 5.32 Å². The molecule has 1 atom stereocenters. The van der Waals surface area contributed by atoms with Crippen molar-refractivity contribution in [2.75, 3.05) is 6.54 Å². The minimum atomic E-state index is 0.545. The van der Waals surface area contributed by atoms with Gasteiger partial charge in [0.1, 0.15) is 0 Å². The number of hydrogen-bond donors (Lipinski definition) is 1. The van der Waals surface area contributed by atoms with E-state index in [-0.39, 0.29) is 0 Å². The maximum Gasteiger partial charge on any atom is 0.0652 e. The van der Waals surface area contributed by atoms with Crippen molar-refractivity contribution in [2.24, 2.45) is 11.8 Å². The first kappa shape index (κ1) is 15.1. The van der Waals surface area contributed by atoms with Crippen LogP contribution in [-0.2, 0) is 6.54 Å². The molecular weight excluding hydrogens is 277 g/mol. The van der Waals surface area contributed by atoms with Gasteiger partial charge in [-0.2, -0.15) is 0 Å². The molecule has 17 heavy (non-hydrogen) atoms. The van der Waals surface area contributed by atoms with Crippen LogP contribution in [0.1, 0.15) is 26.3 Å². The summed E-state index contributed by atoms with van der Waals surface area (Å²) >= 11 is 18.2. The van der Waals surface area contributed by atoms with Gasteiger partial charge in [-0.3, -0.25) is 0 Å². The largest absolute Gasteiger partial charge is 0.312 e. The molecule has 0 bridgehead atoms. The Hall–Kier alpha value is 0.0500. The molecule has 0 aliphatic carbocycles. The highest BCUT2D eigenvalue weighted by molar-refractivity contribution is 6.44. The second-order valence-electron chi connectivity index (χ2n) is 4.67. The van der Waals surface area contributed by atoms with Crippen LogP contribution in [0.25, 0.3) is 0 Å². The van der Waals surface area contributed by atoms with Crippen LogP contribution in [0.2, 0.25) is 15.1 Å². The predicted molar refractivity (Wildman–Crippen MR) is 77.2 cm³/mol. The quantitative estimate of drug-likeness (QED) is 0.751. The Morgan fingerprint density at radius 1 is 1.06 bits per heavy atom. The molecule has 0 aliphatic rings. The van der Waals surface area contributed by atoms with Gasteiger partial charge in [-0.15, -0.1) is 0 Å². The zero-order valence-corrected chi connectivity index (χ0v) is 12.6. The summed E-state index contributed by atoms with van der Waals surface area (Å²) in [7, 11) is 0. The van der Waals surface area contributed by atoms with Crippen molar-refractivity contribution in [3.8, 4) is 0 Å². The predicted octanol–water partition coefficient (Wildman–Crippen LogP) is 5.03. The number of nitrogens with one attached hydrogen (secondary N) is 1. The van der Waals surface area contributed by atoms with Crippen molar-refractivity contribution in [2.45, 2.75) is 27.3 Å². The van der Waals surface area contributed by atoms with Gasteiger partial charge in [0, 0.05) is 17.1 Å². The lowest BCUT2D eigenvalue weighted by Crippen LogP contribution is -2.24. The fourth-order valence-electron chi connectivity index (χ4n) is 1.39. The summed E-state index contributed by atoms with van der Waals surface area (Å²) in [4.78, 5) is 0. The first-order valence-corrected chi connectivity index (χ1v) is 6.90. The fourth-order valence-corrected chi connectivity index (χ4v) is 2.07. The molecule has 0 aromatic heterocycles. The molecule has 0 spiro atoms. The zero-order chi connectivity index (χ0) is 13.0. The summed E-state index contributed by atoms with van der Waals surface area (Å²) in [6, 6.07) is 3.49. The standard InChI is InChI=1S/C13H18Cl3N/c1-8(2)9(3)6-17-7-10-11(14)4-5-12(15)13(10)16/h4-5,8-9,17H,6-7H2,1-3H3. The maximum absolute atomic E-state index is 6.12. The molecule has 0 heterocycles. The smallest absolute Gasteiger partial charge is 0.0652 e. The molecule has 1 N–H and O–H groups in total. The van der Waals surface area contributed by atoms with Crippen molar-refractivity contribution in [3.63, 3.8) is 0 Å². The molecule has 1 aromatic carbocycles. The molecule has 96 valence electrons. The van der Waals surface area contributed by atoms with E-state index in [4.69, 9.17) is 34.8 Å². The first-order valence-electron chi connectivity index (χ1n) is 5.76. The monoisotopic (exact) mass is 293 g/mol. The van der Waals surface area contributed by atoms with Crippen LogP contribution in [0.5, 0.6) is 0 Å². The molecule has 4 heteroatoms. The second kappa shape index (κ2) is 6.84. The number of rotatable bonds is 5. The number of halogens is 3. The van der Waals surface area contributed by atoms with E-state index in [9.17, 15) is 0 Å². The summed E-state index contributed by atoms with van der Waals surface area (Å²) in [5.74, 6) is 1.28. The third-order valence-corrected chi connectivity index (χ3v) is 4.24.